The number of nitrogens with one attached hydrogen (secondary N) is 1. The van der Waals surface area contributed by atoms with Gasteiger partial charge in [0.25, 0.3) is 5.91 Å². The highest BCUT2D eigenvalue weighted by atomic mass is 35.5. The number of benzene rings is 2. The largest absolute Gasteiger partial charge is 0.494 e. The summed E-state index contributed by atoms with van der Waals surface area (Å²) in [6.45, 7) is 3.81. The summed E-state index contributed by atoms with van der Waals surface area (Å²) in [6.07, 6.45) is 1.35. The summed E-state index contributed by atoms with van der Waals surface area (Å²) < 4.78 is 16.0. The average molecular weight is 445 g/mol. The number of anilines is 1. The molecule has 0 atom stereocenters. The molecule has 0 saturated heterocycles. The Balaban J connectivity index is 2.26. The van der Waals surface area contributed by atoms with Crippen LogP contribution in [0.4, 0.5) is 5.69 Å². The number of aliphatic carboxylic acids is 1. The van der Waals surface area contributed by atoms with Gasteiger partial charge in [0.05, 0.1) is 18.2 Å². The number of hydrogen-bond acceptors (Lipinski definition) is 6. The second kappa shape index (κ2) is 11.5. The van der Waals surface area contributed by atoms with Gasteiger partial charge in [0, 0.05) is 5.69 Å². The quantitative estimate of drug-likeness (QED) is 0.417. The van der Waals surface area contributed by atoms with Gasteiger partial charge in [-0.15, -0.1) is 0 Å². The molecule has 2 rings (SSSR count). The van der Waals surface area contributed by atoms with E-state index in [0.717, 1.165) is 0 Å². The fourth-order valence-electron chi connectivity index (χ4n) is 2.52. The van der Waals surface area contributed by atoms with E-state index in [4.69, 9.17) is 30.9 Å². The van der Waals surface area contributed by atoms with Gasteiger partial charge in [-0.25, -0.2) is 4.79 Å². The van der Waals surface area contributed by atoms with Crippen molar-refractivity contribution in [3.8, 4) is 23.3 Å². The van der Waals surface area contributed by atoms with E-state index in [1.807, 2.05) is 13.0 Å². The van der Waals surface area contributed by atoms with Gasteiger partial charge in [0.2, 0.25) is 0 Å². The van der Waals surface area contributed by atoms with E-state index >= 15 is 0 Å². The summed E-state index contributed by atoms with van der Waals surface area (Å²) in [7, 11) is 0. The number of rotatable bonds is 10. The predicted octanol–water partition coefficient (Wildman–Crippen LogP) is 4.15. The Morgan fingerprint density at radius 3 is 2.39 bits per heavy atom. The highest BCUT2D eigenvalue weighted by molar-refractivity contribution is 6.32. The highest BCUT2D eigenvalue weighted by Gasteiger charge is 2.15. The maximum atomic E-state index is 12.5. The number of carbonyl (C=O) groups excluding carboxylic acids is 1. The van der Waals surface area contributed by atoms with Crippen molar-refractivity contribution in [1.82, 2.24) is 0 Å². The topological polar surface area (TPSA) is 118 Å². The molecule has 1 amide bonds. The van der Waals surface area contributed by atoms with E-state index in [1.165, 1.54) is 18.2 Å². The van der Waals surface area contributed by atoms with Crippen LogP contribution in [0.1, 0.15) is 19.4 Å². The molecule has 2 aromatic carbocycles. The highest BCUT2D eigenvalue weighted by Crippen LogP contribution is 2.37. The SMILES string of the molecule is CCOc1ccc(NC(=O)/C(C#N)=C/c2cc(Cl)c(OCC(=O)O)c(OCC)c2)cc1. The molecule has 0 aliphatic heterocycles. The number of carboxylic acid groups (broad SMARTS) is 1. The van der Waals surface area contributed by atoms with Crippen LogP contribution in [0.5, 0.6) is 17.2 Å². The summed E-state index contributed by atoms with van der Waals surface area (Å²) in [5, 5.41) is 21.0. The van der Waals surface area contributed by atoms with Gasteiger partial charge in [0.1, 0.15) is 17.4 Å². The molecule has 0 spiro atoms. The molecule has 0 heterocycles. The van der Waals surface area contributed by atoms with E-state index in [2.05, 4.69) is 5.32 Å². The first kappa shape index (κ1) is 23.6. The fraction of sp³-hybridized carbons (Fsp3) is 0.227. The summed E-state index contributed by atoms with van der Waals surface area (Å²) in [5.41, 5.74) is 0.751. The zero-order valence-corrected chi connectivity index (χ0v) is 17.7. The summed E-state index contributed by atoms with van der Waals surface area (Å²) in [6, 6.07) is 11.6. The Hall–Kier alpha value is -3.70. The van der Waals surface area contributed by atoms with Gasteiger partial charge in [-0.3, -0.25) is 4.79 Å². The Kier molecular flexibility index (Phi) is 8.73. The molecule has 2 N–H and O–H groups in total. The van der Waals surface area contributed by atoms with Gasteiger partial charge in [-0.1, -0.05) is 11.6 Å². The molecule has 162 valence electrons. The molecule has 0 saturated carbocycles. The van der Waals surface area contributed by atoms with E-state index in [9.17, 15) is 14.9 Å². The van der Waals surface area contributed by atoms with Crippen LogP contribution < -0.4 is 19.5 Å². The smallest absolute Gasteiger partial charge is 0.341 e. The lowest BCUT2D eigenvalue weighted by atomic mass is 10.1. The molecule has 0 unspecified atom stereocenters. The normalized spacial score (nSPS) is 10.7. The fourth-order valence-corrected chi connectivity index (χ4v) is 2.80. The summed E-state index contributed by atoms with van der Waals surface area (Å²) >= 11 is 6.21. The maximum Gasteiger partial charge on any atom is 0.341 e. The molecule has 0 aromatic heterocycles. The van der Waals surface area contributed by atoms with Gasteiger partial charge in [-0.05, 0) is 61.9 Å². The summed E-state index contributed by atoms with van der Waals surface area (Å²) in [5.74, 6) is -0.834. The van der Waals surface area contributed by atoms with Crippen LogP contribution in [-0.4, -0.2) is 36.8 Å². The number of amides is 1. The van der Waals surface area contributed by atoms with Crippen LogP contribution in [0, 0.1) is 11.3 Å². The van der Waals surface area contributed by atoms with Gasteiger partial charge in [-0.2, -0.15) is 5.26 Å². The lowest BCUT2D eigenvalue weighted by Gasteiger charge is -2.13. The van der Waals surface area contributed by atoms with Crippen molar-refractivity contribution in [1.29, 1.82) is 5.26 Å². The monoisotopic (exact) mass is 444 g/mol. The maximum absolute atomic E-state index is 12.5. The first-order valence-corrected chi connectivity index (χ1v) is 9.72. The van der Waals surface area contributed by atoms with Gasteiger partial charge >= 0.3 is 5.97 Å². The first-order valence-electron chi connectivity index (χ1n) is 9.34. The number of hydrogen-bond donors (Lipinski definition) is 2. The van der Waals surface area contributed by atoms with Crippen molar-refractivity contribution in [2.24, 2.45) is 0 Å². The second-order valence-corrected chi connectivity index (χ2v) is 6.43. The number of halogens is 1. The Labute approximate surface area is 184 Å². The molecule has 2 aromatic rings. The second-order valence-electron chi connectivity index (χ2n) is 6.03. The molecular formula is C22H21ClN2O6. The number of nitrogens with zero attached hydrogens (tertiary/aromatic N) is 1. The average Bonchev–Trinajstić information content (AvgIpc) is 2.73. The molecule has 8 nitrogen and oxygen atoms in total. The predicted molar refractivity (Wildman–Crippen MR) is 116 cm³/mol. The van der Waals surface area contributed by atoms with Crippen LogP contribution in [-0.2, 0) is 9.59 Å². The number of carboxylic acids is 1. The lowest BCUT2D eigenvalue weighted by Crippen LogP contribution is -2.13. The van der Waals surface area contributed by atoms with Crippen molar-refractivity contribution >= 4 is 35.2 Å². The Bertz CT molecular complexity index is 1010. The molecule has 0 bridgehead atoms. The standard InChI is InChI=1S/C22H21ClN2O6/c1-3-29-17-7-5-16(6-8-17)25-22(28)15(12-24)9-14-10-18(23)21(31-13-20(26)27)19(11-14)30-4-2/h5-11H,3-4,13H2,1-2H3,(H,25,28)(H,26,27)/b15-9+. The van der Waals surface area contributed by atoms with Crippen LogP contribution in [0.25, 0.3) is 6.08 Å². The van der Waals surface area contributed by atoms with E-state index in [1.54, 1.807) is 31.2 Å². The third-order valence-electron chi connectivity index (χ3n) is 3.77. The van der Waals surface area contributed by atoms with Crippen LogP contribution in [0.15, 0.2) is 42.0 Å². The van der Waals surface area contributed by atoms with Crippen molar-refractivity contribution in [3.05, 3.63) is 52.6 Å². The molecular weight excluding hydrogens is 424 g/mol. The molecule has 0 aliphatic carbocycles. The van der Waals surface area contributed by atoms with Crippen molar-refractivity contribution in [3.63, 3.8) is 0 Å². The zero-order valence-electron chi connectivity index (χ0n) is 17.0. The van der Waals surface area contributed by atoms with Gasteiger partial charge in [0.15, 0.2) is 18.1 Å². The lowest BCUT2D eigenvalue weighted by molar-refractivity contribution is -0.139. The summed E-state index contributed by atoms with van der Waals surface area (Å²) in [4.78, 5) is 23.3. The molecule has 9 heteroatoms. The molecule has 31 heavy (non-hydrogen) atoms. The molecule has 0 radical (unpaired) electrons. The van der Waals surface area contributed by atoms with Crippen LogP contribution >= 0.6 is 11.6 Å². The van der Waals surface area contributed by atoms with Gasteiger partial charge < -0.3 is 24.6 Å². The minimum Gasteiger partial charge on any atom is -0.494 e. The molecule has 0 fully saturated rings. The first-order chi connectivity index (χ1) is 14.9. The van der Waals surface area contributed by atoms with Crippen LogP contribution in [0.2, 0.25) is 5.02 Å². The van der Waals surface area contributed by atoms with Crippen molar-refractivity contribution < 1.29 is 28.9 Å². The van der Waals surface area contributed by atoms with E-state index < -0.39 is 18.5 Å². The molecule has 0 aliphatic rings. The number of ether oxygens (including phenoxy) is 3. The minimum atomic E-state index is -1.17. The van der Waals surface area contributed by atoms with Crippen LogP contribution in [0.3, 0.4) is 0 Å². The Morgan fingerprint density at radius 2 is 1.81 bits per heavy atom. The van der Waals surface area contributed by atoms with Crippen molar-refractivity contribution in [2.75, 3.05) is 25.1 Å². The van der Waals surface area contributed by atoms with E-state index in [-0.39, 0.29) is 28.7 Å². The minimum absolute atomic E-state index is 0.0698. The van der Waals surface area contributed by atoms with E-state index in [0.29, 0.717) is 23.6 Å². The third kappa shape index (κ3) is 6.94. The number of carbonyl (C=O) groups is 2. The number of nitriles is 1. The Morgan fingerprint density at radius 1 is 1.13 bits per heavy atom. The van der Waals surface area contributed by atoms with Crippen molar-refractivity contribution in [2.45, 2.75) is 13.8 Å². The zero-order chi connectivity index (χ0) is 22.8. The third-order valence-corrected chi connectivity index (χ3v) is 4.05.